The minimum atomic E-state index is 1.18. The Labute approximate surface area is 35.6 Å². The highest BCUT2D eigenvalue weighted by molar-refractivity contribution is 7.93. The molecule has 2 nitrogen and oxygen atoms in total. The fourth-order valence-corrected chi connectivity index (χ4v) is 0.204. The first-order valence-electron chi connectivity index (χ1n) is 1.15. The largest absolute Gasteiger partial charge is 0.228 e. The molecule has 0 amide bonds. The summed E-state index contributed by atoms with van der Waals surface area (Å²) >= 11 is 1.18. The van der Waals surface area contributed by atoms with Gasteiger partial charge in [0, 0.05) is 18.3 Å². The van der Waals surface area contributed by atoms with Crippen LogP contribution in [0.5, 0.6) is 0 Å². The fraction of sp³-hybridized carbons (Fsp3) is 1.00. The molecule has 0 atom stereocenters. The molecule has 0 aromatic carbocycles. The molecule has 0 aromatic heterocycles. The van der Waals surface area contributed by atoms with E-state index in [0.29, 0.717) is 0 Å². The lowest BCUT2D eigenvalue weighted by molar-refractivity contribution is -0.159. The highest BCUT2D eigenvalue weighted by Gasteiger charge is 1.65. The molecular weight excluding hydrogens is 88.1 g/mol. The summed E-state index contributed by atoms with van der Waals surface area (Å²) in [6.07, 6.45) is 1.78. The van der Waals surface area contributed by atoms with Crippen LogP contribution in [0.2, 0.25) is 0 Å². The number of hydrogen-bond acceptors (Lipinski definition) is 3. The summed E-state index contributed by atoms with van der Waals surface area (Å²) in [5.41, 5.74) is 0. The van der Waals surface area contributed by atoms with E-state index < -0.39 is 0 Å². The Kier molecular flexibility index (Phi) is 4.50. The Morgan fingerprint density at radius 3 is 2.20 bits per heavy atom. The number of rotatable bonds is 2. The Morgan fingerprint density at radius 2 is 2.20 bits per heavy atom. The minimum absolute atomic E-state index is 1.18. The van der Waals surface area contributed by atoms with E-state index >= 15 is 0 Å². The molecule has 0 fully saturated rings. The maximum Gasteiger partial charge on any atom is 0.0725 e. The molecule has 3 heteroatoms. The van der Waals surface area contributed by atoms with Crippen molar-refractivity contribution in [3.05, 3.63) is 0 Å². The van der Waals surface area contributed by atoms with Crippen molar-refractivity contribution in [3.8, 4) is 0 Å². The average molecular weight is 94.1 g/mol. The Hall–Kier alpha value is 0.270. The maximum absolute atomic E-state index is 4.25. The average Bonchev–Trinajstić information content (AvgIpc) is 1.41. The van der Waals surface area contributed by atoms with E-state index in [1.165, 1.54) is 19.2 Å². The van der Waals surface area contributed by atoms with Crippen molar-refractivity contribution in [3.63, 3.8) is 0 Å². The fourth-order valence-electron chi connectivity index (χ4n) is 0.0680. The van der Waals surface area contributed by atoms with Gasteiger partial charge in [-0.2, -0.15) is 4.33 Å². The van der Waals surface area contributed by atoms with Crippen molar-refractivity contribution in [2.75, 3.05) is 13.4 Å². The molecular formula is C2H6O2S. The van der Waals surface area contributed by atoms with E-state index in [2.05, 4.69) is 9.22 Å². The van der Waals surface area contributed by atoms with Gasteiger partial charge in [-0.15, -0.1) is 0 Å². The topological polar surface area (TPSA) is 18.5 Å². The van der Waals surface area contributed by atoms with Crippen LogP contribution < -0.4 is 0 Å². The molecule has 0 unspecified atom stereocenters. The second kappa shape index (κ2) is 4.27. The molecule has 0 saturated heterocycles. The first-order chi connectivity index (χ1) is 2.41. The standard InChI is InChI=1S/C2H6O2S/c1-3-4-5-2/h1-2H3. The van der Waals surface area contributed by atoms with E-state index in [-0.39, 0.29) is 0 Å². The Balaban J connectivity index is 2.19. The molecule has 0 heterocycles. The zero-order valence-electron chi connectivity index (χ0n) is 3.22. The lowest BCUT2D eigenvalue weighted by Gasteiger charge is -1.84. The van der Waals surface area contributed by atoms with E-state index in [4.69, 9.17) is 0 Å². The van der Waals surface area contributed by atoms with Gasteiger partial charge in [0.2, 0.25) is 0 Å². The van der Waals surface area contributed by atoms with Crippen molar-refractivity contribution in [1.82, 2.24) is 0 Å². The second-order valence-corrected chi connectivity index (χ2v) is 0.871. The zero-order chi connectivity index (χ0) is 4.12. The minimum Gasteiger partial charge on any atom is -0.228 e. The molecule has 0 aromatic rings. The lowest BCUT2D eigenvalue weighted by atomic mass is 11.8. The molecule has 0 radical (unpaired) electrons. The summed E-state index contributed by atoms with van der Waals surface area (Å²) in [6.45, 7) is 0. The van der Waals surface area contributed by atoms with Gasteiger partial charge in [0.05, 0.1) is 7.11 Å². The van der Waals surface area contributed by atoms with Gasteiger partial charge in [-0.1, -0.05) is 0 Å². The normalized spacial score (nSPS) is 8.40. The van der Waals surface area contributed by atoms with Gasteiger partial charge in [-0.3, -0.25) is 0 Å². The van der Waals surface area contributed by atoms with Crippen LogP contribution in [0.25, 0.3) is 0 Å². The van der Waals surface area contributed by atoms with Crippen molar-refractivity contribution < 1.29 is 9.22 Å². The van der Waals surface area contributed by atoms with E-state index in [1.54, 1.807) is 6.26 Å². The summed E-state index contributed by atoms with van der Waals surface area (Å²) in [4.78, 5) is 4.15. The molecule has 0 N–H and O–H groups in total. The molecule has 0 bridgehead atoms. The SMILES string of the molecule is COOSC. The third-order valence-corrected chi connectivity index (χ3v) is 0.408. The molecule has 0 spiro atoms. The quantitative estimate of drug-likeness (QED) is 0.287. The van der Waals surface area contributed by atoms with Gasteiger partial charge in [0.15, 0.2) is 0 Å². The molecule has 0 aliphatic rings. The van der Waals surface area contributed by atoms with Crippen molar-refractivity contribution in [2.24, 2.45) is 0 Å². The molecule has 0 rings (SSSR count). The molecule has 5 heavy (non-hydrogen) atoms. The van der Waals surface area contributed by atoms with Gasteiger partial charge in [0.1, 0.15) is 0 Å². The van der Waals surface area contributed by atoms with Crippen molar-refractivity contribution in [1.29, 1.82) is 0 Å². The molecule has 0 aliphatic heterocycles. The van der Waals surface area contributed by atoms with Crippen molar-refractivity contribution in [2.45, 2.75) is 0 Å². The Morgan fingerprint density at radius 1 is 1.60 bits per heavy atom. The van der Waals surface area contributed by atoms with Crippen LogP contribution in [0.1, 0.15) is 0 Å². The molecule has 0 aliphatic carbocycles. The zero-order valence-corrected chi connectivity index (χ0v) is 4.04. The van der Waals surface area contributed by atoms with Crippen LogP contribution in [-0.4, -0.2) is 13.4 Å². The van der Waals surface area contributed by atoms with Gasteiger partial charge in [0.25, 0.3) is 0 Å². The molecule has 32 valence electrons. The Bertz CT molecular complexity index is 15.1. The van der Waals surface area contributed by atoms with E-state index in [9.17, 15) is 0 Å². The first kappa shape index (κ1) is 5.27. The second-order valence-electron chi connectivity index (χ2n) is 0.401. The highest BCUT2D eigenvalue weighted by Crippen LogP contribution is 1.90. The number of hydrogen-bond donors (Lipinski definition) is 0. The van der Waals surface area contributed by atoms with Crippen LogP contribution in [-0.2, 0) is 9.22 Å². The van der Waals surface area contributed by atoms with Crippen LogP contribution in [0.4, 0.5) is 0 Å². The summed E-state index contributed by atoms with van der Waals surface area (Å²) < 4.78 is 4.25. The van der Waals surface area contributed by atoms with Crippen LogP contribution in [0.15, 0.2) is 0 Å². The maximum atomic E-state index is 4.25. The van der Waals surface area contributed by atoms with E-state index in [1.807, 2.05) is 0 Å². The summed E-state index contributed by atoms with van der Waals surface area (Å²) in [6, 6.07) is 0. The summed E-state index contributed by atoms with van der Waals surface area (Å²) in [5.74, 6) is 0. The van der Waals surface area contributed by atoms with E-state index in [0.717, 1.165) is 0 Å². The van der Waals surface area contributed by atoms with Crippen LogP contribution in [0.3, 0.4) is 0 Å². The smallest absolute Gasteiger partial charge is 0.0725 e. The first-order valence-corrected chi connectivity index (χ1v) is 2.30. The predicted molar refractivity (Wildman–Crippen MR) is 21.6 cm³/mol. The monoisotopic (exact) mass is 94.0 g/mol. The third kappa shape index (κ3) is 4.27. The van der Waals surface area contributed by atoms with Gasteiger partial charge < -0.3 is 0 Å². The van der Waals surface area contributed by atoms with Crippen LogP contribution >= 0.6 is 12.0 Å². The molecule has 0 saturated carbocycles. The van der Waals surface area contributed by atoms with Crippen LogP contribution in [0, 0.1) is 0 Å². The lowest BCUT2D eigenvalue weighted by Crippen LogP contribution is -1.70. The highest BCUT2D eigenvalue weighted by atomic mass is 32.2. The summed E-state index contributed by atoms with van der Waals surface area (Å²) in [5, 5.41) is 0. The summed E-state index contributed by atoms with van der Waals surface area (Å²) in [7, 11) is 1.47. The predicted octanol–water partition coefficient (Wildman–Crippen LogP) is 0.842. The van der Waals surface area contributed by atoms with Gasteiger partial charge >= 0.3 is 0 Å². The van der Waals surface area contributed by atoms with Gasteiger partial charge in [-0.05, 0) is 0 Å². The third-order valence-electron chi connectivity index (χ3n) is 0.136. The van der Waals surface area contributed by atoms with Gasteiger partial charge in [-0.25, -0.2) is 4.89 Å². The van der Waals surface area contributed by atoms with Crippen molar-refractivity contribution >= 4 is 12.0 Å².